The molecule has 0 bridgehead atoms. The quantitative estimate of drug-likeness (QED) is 0.460. The number of halogens is 2. The molecule has 0 amide bonds. The van der Waals surface area contributed by atoms with Gasteiger partial charge in [-0.2, -0.15) is 5.26 Å². The minimum Gasteiger partial charge on any atom is -0.318 e. The molecule has 3 aromatic rings. The van der Waals surface area contributed by atoms with E-state index in [9.17, 15) is 5.26 Å². The Balaban J connectivity index is 2.08. The van der Waals surface area contributed by atoms with E-state index in [2.05, 4.69) is 61.7 Å². The maximum absolute atomic E-state index is 9.61. The van der Waals surface area contributed by atoms with Gasteiger partial charge in [-0.05, 0) is 68.3 Å². The van der Waals surface area contributed by atoms with E-state index in [0.717, 1.165) is 28.2 Å². The summed E-state index contributed by atoms with van der Waals surface area (Å²) in [5, 5.41) is 10.5. The largest absolute Gasteiger partial charge is 0.318 e. The Hall–Kier alpha value is -2.47. The zero-order chi connectivity index (χ0) is 18.8. The van der Waals surface area contributed by atoms with Crippen molar-refractivity contribution in [3.63, 3.8) is 0 Å². The van der Waals surface area contributed by atoms with E-state index in [-0.39, 0.29) is 0 Å². The van der Waals surface area contributed by atoms with Crippen LogP contribution in [-0.4, -0.2) is 4.57 Å². The van der Waals surface area contributed by atoms with Gasteiger partial charge in [-0.3, -0.25) is 0 Å². The first kappa shape index (κ1) is 18.3. The first-order chi connectivity index (χ1) is 12.4. The van der Waals surface area contributed by atoms with E-state index < -0.39 is 0 Å². The lowest BCUT2D eigenvalue weighted by atomic mass is 10.0. The second-order valence-electron chi connectivity index (χ2n) is 6.30. The highest BCUT2D eigenvalue weighted by Gasteiger charge is 2.11. The van der Waals surface area contributed by atoms with Crippen molar-refractivity contribution in [1.29, 1.82) is 5.26 Å². The lowest BCUT2D eigenvalue weighted by molar-refractivity contribution is 0.963. The molecule has 0 radical (unpaired) electrons. The molecule has 2 aromatic carbocycles. The van der Waals surface area contributed by atoms with Gasteiger partial charge in [0, 0.05) is 17.1 Å². The van der Waals surface area contributed by atoms with Crippen LogP contribution in [0.25, 0.3) is 17.3 Å². The Morgan fingerprint density at radius 1 is 0.962 bits per heavy atom. The van der Waals surface area contributed by atoms with Crippen molar-refractivity contribution >= 4 is 34.9 Å². The second-order valence-corrected chi connectivity index (χ2v) is 7.11. The summed E-state index contributed by atoms with van der Waals surface area (Å²) in [7, 11) is 0. The molecule has 0 aliphatic carbocycles. The Morgan fingerprint density at radius 3 is 2.27 bits per heavy atom. The van der Waals surface area contributed by atoms with Gasteiger partial charge in [0.15, 0.2) is 0 Å². The van der Waals surface area contributed by atoms with Crippen molar-refractivity contribution in [2.75, 3.05) is 0 Å². The summed E-state index contributed by atoms with van der Waals surface area (Å²) >= 11 is 12.1. The highest BCUT2D eigenvalue weighted by Crippen LogP contribution is 2.29. The van der Waals surface area contributed by atoms with E-state index in [1.165, 1.54) is 5.56 Å². The molecular weight excluding hydrogens is 363 g/mol. The molecule has 0 N–H and O–H groups in total. The number of rotatable bonds is 3. The SMILES string of the molecule is Cc1ccc(-n2c(C)cc(/C=C(/C#N)c3ccc(Cl)c(Cl)c3)c2C)cc1. The second kappa shape index (κ2) is 7.41. The van der Waals surface area contributed by atoms with Crippen LogP contribution >= 0.6 is 23.2 Å². The fourth-order valence-electron chi connectivity index (χ4n) is 3.02. The van der Waals surface area contributed by atoms with Crippen LogP contribution in [0.1, 0.15) is 28.1 Å². The van der Waals surface area contributed by atoms with E-state index in [0.29, 0.717) is 15.6 Å². The third-order valence-electron chi connectivity index (χ3n) is 4.41. The molecule has 3 rings (SSSR count). The van der Waals surface area contributed by atoms with Crippen LogP contribution in [0.3, 0.4) is 0 Å². The summed E-state index contributed by atoms with van der Waals surface area (Å²) in [6.45, 7) is 6.20. The fourth-order valence-corrected chi connectivity index (χ4v) is 3.32. The third-order valence-corrected chi connectivity index (χ3v) is 5.15. The molecule has 0 aliphatic rings. The highest BCUT2D eigenvalue weighted by molar-refractivity contribution is 6.42. The number of benzene rings is 2. The minimum absolute atomic E-state index is 0.440. The van der Waals surface area contributed by atoms with Gasteiger partial charge in [-0.1, -0.05) is 47.0 Å². The molecule has 0 saturated heterocycles. The third kappa shape index (κ3) is 3.55. The molecule has 2 nitrogen and oxygen atoms in total. The summed E-state index contributed by atoms with van der Waals surface area (Å²) in [5.74, 6) is 0. The first-order valence-electron chi connectivity index (χ1n) is 8.24. The predicted molar refractivity (Wildman–Crippen MR) is 110 cm³/mol. The van der Waals surface area contributed by atoms with E-state index in [1.807, 2.05) is 12.1 Å². The van der Waals surface area contributed by atoms with Crippen molar-refractivity contribution in [1.82, 2.24) is 4.57 Å². The van der Waals surface area contributed by atoms with Crippen molar-refractivity contribution in [2.45, 2.75) is 20.8 Å². The molecule has 4 heteroatoms. The van der Waals surface area contributed by atoms with Crippen LogP contribution in [0.5, 0.6) is 0 Å². The van der Waals surface area contributed by atoms with Gasteiger partial charge >= 0.3 is 0 Å². The minimum atomic E-state index is 0.440. The van der Waals surface area contributed by atoms with Crippen molar-refractivity contribution in [3.8, 4) is 11.8 Å². The maximum Gasteiger partial charge on any atom is 0.0998 e. The Morgan fingerprint density at radius 2 is 1.65 bits per heavy atom. The van der Waals surface area contributed by atoms with Crippen LogP contribution < -0.4 is 0 Å². The van der Waals surface area contributed by atoms with Crippen LogP contribution in [-0.2, 0) is 0 Å². The topological polar surface area (TPSA) is 28.7 Å². The molecule has 26 heavy (non-hydrogen) atoms. The Labute approximate surface area is 163 Å². The van der Waals surface area contributed by atoms with Crippen molar-refractivity contribution in [2.24, 2.45) is 0 Å². The lowest BCUT2D eigenvalue weighted by Gasteiger charge is -2.10. The number of hydrogen-bond acceptors (Lipinski definition) is 1. The molecule has 0 unspecified atom stereocenters. The van der Waals surface area contributed by atoms with Gasteiger partial charge in [-0.25, -0.2) is 0 Å². The fraction of sp³-hybridized carbons (Fsp3) is 0.136. The highest BCUT2D eigenvalue weighted by atomic mass is 35.5. The number of nitrogens with zero attached hydrogens (tertiary/aromatic N) is 2. The Kier molecular flexibility index (Phi) is 5.23. The standard InChI is InChI=1S/C22H18Cl2N2/c1-14-4-7-20(8-5-14)26-15(2)10-18(16(26)3)11-19(13-25)17-6-9-21(23)22(24)12-17/h4-12H,1-3H3/b19-11-. The summed E-state index contributed by atoms with van der Waals surface area (Å²) in [6, 6.07) is 18.0. The van der Waals surface area contributed by atoms with Crippen molar-refractivity contribution < 1.29 is 0 Å². The number of hydrogen-bond donors (Lipinski definition) is 0. The summed E-state index contributed by atoms with van der Waals surface area (Å²) in [6.07, 6.45) is 1.90. The van der Waals surface area contributed by atoms with Crippen LogP contribution in [0, 0.1) is 32.1 Å². The number of allylic oxidation sites excluding steroid dienone is 1. The Bertz CT molecular complexity index is 1040. The molecule has 0 fully saturated rings. The van der Waals surface area contributed by atoms with Gasteiger partial charge in [0.2, 0.25) is 0 Å². The molecule has 130 valence electrons. The zero-order valence-electron chi connectivity index (χ0n) is 14.8. The molecule has 0 spiro atoms. The van der Waals surface area contributed by atoms with Gasteiger partial charge in [0.1, 0.15) is 0 Å². The normalized spacial score (nSPS) is 11.5. The van der Waals surface area contributed by atoms with E-state index in [1.54, 1.807) is 12.1 Å². The summed E-state index contributed by atoms with van der Waals surface area (Å²) in [4.78, 5) is 0. The van der Waals surface area contributed by atoms with Gasteiger partial charge in [0.25, 0.3) is 0 Å². The van der Waals surface area contributed by atoms with E-state index >= 15 is 0 Å². The number of nitriles is 1. The molecule has 1 aromatic heterocycles. The van der Waals surface area contributed by atoms with Gasteiger partial charge in [0.05, 0.1) is 21.7 Å². The number of aromatic nitrogens is 1. The molecule has 1 heterocycles. The average Bonchev–Trinajstić information content (AvgIpc) is 2.90. The van der Waals surface area contributed by atoms with Crippen LogP contribution in [0.4, 0.5) is 0 Å². The molecule has 0 saturated carbocycles. The summed E-state index contributed by atoms with van der Waals surface area (Å²) < 4.78 is 2.19. The predicted octanol–water partition coefficient (Wildman–Crippen LogP) is 6.77. The van der Waals surface area contributed by atoms with Crippen LogP contribution in [0.2, 0.25) is 10.0 Å². The lowest BCUT2D eigenvalue weighted by Crippen LogP contribution is -1.98. The zero-order valence-corrected chi connectivity index (χ0v) is 16.4. The molecule has 0 atom stereocenters. The first-order valence-corrected chi connectivity index (χ1v) is 8.99. The smallest absolute Gasteiger partial charge is 0.0998 e. The summed E-state index contributed by atoms with van der Waals surface area (Å²) in [5.41, 5.74) is 6.84. The molecular formula is C22H18Cl2N2. The van der Waals surface area contributed by atoms with E-state index in [4.69, 9.17) is 23.2 Å². The monoisotopic (exact) mass is 380 g/mol. The average molecular weight is 381 g/mol. The van der Waals surface area contributed by atoms with Crippen LogP contribution in [0.15, 0.2) is 48.5 Å². The van der Waals surface area contributed by atoms with Gasteiger partial charge < -0.3 is 4.57 Å². The number of aryl methyl sites for hydroxylation is 2. The molecule has 0 aliphatic heterocycles. The van der Waals surface area contributed by atoms with Crippen molar-refractivity contribution in [3.05, 3.63) is 86.7 Å². The maximum atomic E-state index is 9.61. The van der Waals surface area contributed by atoms with Gasteiger partial charge in [-0.15, -0.1) is 0 Å².